The first-order chi connectivity index (χ1) is 11.3. The van der Waals surface area contributed by atoms with Crippen molar-refractivity contribution in [3.05, 3.63) is 72.1 Å². The number of hydrogen-bond acceptors (Lipinski definition) is 2. The summed E-state index contributed by atoms with van der Waals surface area (Å²) in [6.45, 7) is 8.82. The summed E-state index contributed by atoms with van der Waals surface area (Å²) in [6.07, 6.45) is 4.96. The molecule has 3 aromatic rings. The second kappa shape index (κ2) is 5.58. The molecule has 0 unspecified atom stereocenters. The second-order valence-corrected chi connectivity index (χ2v) is 6.20. The van der Waals surface area contributed by atoms with E-state index in [1.54, 1.807) is 0 Å². The minimum Gasteiger partial charge on any atom is -0.350 e. The lowest BCUT2D eigenvalue weighted by Gasteiger charge is -2.30. The number of aryl methyl sites for hydroxylation is 1. The Bertz CT molecular complexity index is 876. The summed E-state index contributed by atoms with van der Waals surface area (Å²) >= 11 is 0. The first kappa shape index (κ1) is 14.1. The lowest BCUT2D eigenvalue weighted by Crippen LogP contribution is -2.31. The Morgan fingerprint density at radius 1 is 1.22 bits per heavy atom. The Kier molecular flexibility index (Phi) is 3.41. The van der Waals surface area contributed by atoms with E-state index in [1.165, 1.54) is 27.7 Å². The average molecular weight is 303 g/mol. The van der Waals surface area contributed by atoms with Gasteiger partial charge in [-0.25, -0.2) is 4.98 Å². The zero-order valence-electron chi connectivity index (χ0n) is 13.5. The quantitative estimate of drug-likeness (QED) is 0.679. The minimum atomic E-state index is 0.818. The van der Waals surface area contributed by atoms with Crippen LogP contribution in [0.3, 0.4) is 0 Å². The van der Waals surface area contributed by atoms with Crippen LogP contribution in [0.1, 0.15) is 16.8 Å². The number of allylic oxidation sites excluding steroid dienone is 1. The van der Waals surface area contributed by atoms with Crippen molar-refractivity contribution in [2.45, 2.75) is 26.4 Å². The smallest absolute Gasteiger partial charge is 0.153 e. The topological polar surface area (TPSA) is 21.1 Å². The third-order valence-corrected chi connectivity index (χ3v) is 4.74. The highest BCUT2D eigenvalue weighted by molar-refractivity contribution is 5.91. The molecular formula is C20H21N3. The molecule has 0 N–H and O–H groups in total. The van der Waals surface area contributed by atoms with Crippen LogP contribution in [0.4, 0.5) is 5.82 Å². The maximum atomic E-state index is 4.73. The van der Waals surface area contributed by atoms with Crippen molar-refractivity contribution in [2.75, 3.05) is 11.4 Å². The fourth-order valence-electron chi connectivity index (χ4n) is 3.60. The molecule has 0 amide bonds. The summed E-state index contributed by atoms with van der Waals surface area (Å²) in [5.41, 5.74) is 5.36. The van der Waals surface area contributed by atoms with E-state index in [1.807, 2.05) is 12.3 Å². The third-order valence-electron chi connectivity index (χ3n) is 4.74. The number of anilines is 1. The van der Waals surface area contributed by atoms with Crippen LogP contribution in [-0.2, 0) is 19.5 Å². The molecule has 3 heteroatoms. The number of hydrogen-bond donors (Lipinski definition) is 0. The van der Waals surface area contributed by atoms with E-state index in [9.17, 15) is 0 Å². The Labute approximate surface area is 136 Å². The highest BCUT2D eigenvalue weighted by Gasteiger charge is 2.20. The zero-order valence-corrected chi connectivity index (χ0v) is 13.5. The van der Waals surface area contributed by atoms with Gasteiger partial charge in [0.05, 0.1) is 5.52 Å². The number of rotatable bonds is 3. The first-order valence-electron chi connectivity index (χ1n) is 8.15. The largest absolute Gasteiger partial charge is 0.350 e. The van der Waals surface area contributed by atoms with Crippen molar-refractivity contribution in [2.24, 2.45) is 0 Å². The molecule has 2 aromatic heterocycles. The van der Waals surface area contributed by atoms with Crippen molar-refractivity contribution in [3.8, 4) is 0 Å². The molecule has 0 radical (unpaired) electrons. The molecule has 116 valence electrons. The average Bonchev–Trinajstić information content (AvgIpc) is 2.90. The number of aromatic nitrogens is 2. The maximum Gasteiger partial charge on any atom is 0.153 e. The molecule has 0 saturated heterocycles. The van der Waals surface area contributed by atoms with Gasteiger partial charge in [-0.15, -0.1) is 6.58 Å². The molecule has 0 aliphatic carbocycles. The standard InChI is InChI=1S/C20H21N3/c1-3-11-23-15(2)13-17-8-10-21-20(19(17)23)22-12-9-16-6-4-5-7-18(16)14-22/h3-8,10,13H,1,9,11-12,14H2,2H3. The van der Waals surface area contributed by atoms with Crippen molar-refractivity contribution in [3.63, 3.8) is 0 Å². The molecule has 1 aliphatic rings. The SMILES string of the molecule is C=CCn1c(C)cc2ccnc(N3CCc4ccccc4C3)c21. The second-order valence-electron chi connectivity index (χ2n) is 6.20. The lowest BCUT2D eigenvalue weighted by molar-refractivity contribution is 0.718. The summed E-state index contributed by atoms with van der Waals surface area (Å²) in [4.78, 5) is 7.14. The zero-order chi connectivity index (χ0) is 15.8. The first-order valence-corrected chi connectivity index (χ1v) is 8.15. The van der Waals surface area contributed by atoms with E-state index >= 15 is 0 Å². The molecule has 23 heavy (non-hydrogen) atoms. The summed E-state index contributed by atoms with van der Waals surface area (Å²) < 4.78 is 2.31. The van der Waals surface area contributed by atoms with Crippen LogP contribution in [0.2, 0.25) is 0 Å². The van der Waals surface area contributed by atoms with Crippen molar-refractivity contribution in [1.29, 1.82) is 0 Å². The number of nitrogens with zero attached hydrogens (tertiary/aromatic N) is 3. The highest BCUT2D eigenvalue weighted by atomic mass is 15.2. The van der Waals surface area contributed by atoms with Crippen LogP contribution in [0.25, 0.3) is 10.9 Å². The van der Waals surface area contributed by atoms with Crippen LogP contribution >= 0.6 is 0 Å². The van der Waals surface area contributed by atoms with Gasteiger partial charge >= 0.3 is 0 Å². The summed E-state index contributed by atoms with van der Waals surface area (Å²) in [6, 6.07) is 13.1. The van der Waals surface area contributed by atoms with Crippen LogP contribution in [0.5, 0.6) is 0 Å². The molecular weight excluding hydrogens is 282 g/mol. The maximum absolute atomic E-state index is 4.73. The van der Waals surface area contributed by atoms with E-state index in [0.717, 1.165) is 31.9 Å². The van der Waals surface area contributed by atoms with Gasteiger partial charge < -0.3 is 9.47 Å². The van der Waals surface area contributed by atoms with E-state index in [4.69, 9.17) is 4.98 Å². The Balaban J connectivity index is 1.82. The Hall–Kier alpha value is -2.55. The van der Waals surface area contributed by atoms with Crippen LogP contribution < -0.4 is 4.90 Å². The van der Waals surface area contributed by atoms with Gasteiger partial charge in [0.15, 0.2) is 5.82 Å². The van der Waals surface area contributed by atoms with Crippen LogP contribution in [0, 0.1) is 6.92 Å². The normalized spacial score (nSPS) is 14.0. The van der Waals surface area contributed by atoms with E-state index in [0.29, 0.717) is 0 Å². The summed E-state index contributed by atoms with van der Waals surface area (Å²) in [5.74, 6) is 1.09. The molecule has 0 atom stereocenters. The molecule has 0 bridgehead atoms. The van der Waals surface area contributed by atoms with E-state index < -0.39 is 0 Å². The fraction of sp³-hybridized carbons (Fsp3) is 0.250. The monoisotopic (exact) mass is 303 g/mol. The fourth-order valence-corrected chi connectivity index (χ4v) is 3.60. The van der Waals surface area contributed by atoms with Gasteiger partial charge in [-0.05, 0) is 36.6 Å². The van der Waals surface area contributed by atoms with Gasteiger partial charge in [0.25, 0.3) is 0 Å². The molecule has 0 fully saturated rings. The number of benzene rings is 1. The van der Waals surface area contributed by atoms with Crippen molar-refractivity contribution in [1.82, 2.24) is 9.55 Å². The van der Waals surface area contributed by atoms with Gasteiger partial charge in [0, 0.05) is 36.9 Å². The highest BCUT2D eigenvalue weighted by Crippen LogP contribution is 2.31. The summed E-state index contributed by atoms with van der Waals surface area (Å²) in [7, 11) is 0. The van der Waals surface area contributed by atoms with Gasteiger partial charge in [-0.3, -0.25) is 0 Å². The van der Waals surface area contributed by atoms with Gasteiger partial charge in [0.2, 0.25) is 0 Å². The van der Waals surface area contributed by atoms with Crippen molar-refractivity contribution < 1.29 is 0 Å². The lowest BCUT2D eigenvalue weighted by atomic mass is 10.00. The van der Waals surface area contributed by atoms with Gasteiger partial charge in [-0.2, -0.15) is 0 Å². The van der Waals surface area contributed by atoms with Gasteiger partial charge in [0.1, 0.15) is 0 Å². The molecule has 3 heterocycles. The molecule has 0 saturated carbocycles. The molecule has 0 spiro atoms. The molecule has 3 nitrogen and oxygen atoms in total. The predicted molar refractivity (Wildman–Crippen MR) is 95.9 cm³/mol. The van der Waals surface area contributed by atoms with Crippen LogP contribution in [0.15, 0.2) is 55.3 Å². The molecule has 1 aromatic carbocycles. The predicted octanol–water partition coefficient (Wildman–Crippen LogP) is 4.09. The molecule has 4 rings (SSSR count). The Morgan fingerprint density at radius 3 is 2.87 bits per heavy atom. The molecule has 1 aliphatic heterocycles. The van der Waals surface area contributed by atoms with Crippen LogP contribution in [-0.4, -0.2) is 16.1 Å². The van der Waals surface area contributed by atoms with Crippen molar-refractivity contribution >= 4 is 16.7 Å². The third kappa shape index (κ3) is 2.33. The number of fused-ring (bicyclic) bond motifs is 2. The van der Waals surface area contributed by atoms with Gasteiger partial charge in [-0.1, -0.05) is 30.3 Å². The minimum absolute atomic E-state index is 0.818. The summed E-state index contributed by atoms with van der Waals surface area (Å²) in [5, 5.41) is 1.26. The van der Waals surface area contributed by atoms with E-state index in [-0.39, 0.29) is 0 Å². The van der Waals surface area contributed by atoms with E-state index in [2.05, 4.69) is 59.4 Å². The number of pyridine rings is 1. The Morgan fingerprint density at radius 2 is 2.04 bits per heavy atom.